The standard InChI is InChI=1S/C22H26N2O2/c1-26-22-4-2-3-19(13-22)16-24(20-9-11-21(25)12-10-20)15-18-7-5-17(14-23)6-8-18/h2-8,13,20-21,25H,9-12,15-16H2,1H3. The highest BCUT2D eigenvalue weighted by Crippen LogP contribution is 2.27. The molecule has 1 aliphatic carbocycles. The Hall–Kier alpha value is -2.35. The minimum Gasteiger partial charge on any atom is -0.497 e. The topological polar surface area (TPSA) is 56.5 Å². The molecule has 1 aliphatic rings. The van der Waals surface area contributed by atoms with Gasteiger partial charge in [0, 0.05) is 19.1 Å². The summed E-state index contributed by atoms with van der Waals surface area (Å²) in [4.78, 5) is 2.49. The van der Waals surface area contributed by atoms with Gasteiger partial charge in [-0.25, -0.2) is 0 Å². The van der Waals surface area contributed by atoms with Gasteiger partial charge >= 0.3 is 0 Å². The maximum absolute atomic E-state index is 9.85. The van der Waals surface area contributed by atoms with Crippen LogP contribution in [0.4, 0.5) is 0 Å². The van der Waals surface area contributed by atoms with E-state index in [1.54, 1.807) is 7.11 Å². The molecule has 0 aromatic heterocycles. The quantitative estimate of drug-likeness (QED) is 0.859. The fraction of sp³-hybridized carbons (Fsp3) is 0.409. The predicted octanol–water partition coefficient (Wildman–Crippen LogP) is 3.87. The molecule has 0 heterocycles. The number of rotatable bonds is 6. The number of aliphatic hydroxyl groups is 1. The molecule has 4 nitrogen and oxygen atoms in total. The van der Waals surface area contributed by atoms with Crippen LogP contribution in [0.15, 0.2) is 48.5 Å². The third kappa shape index (κ3) is 4.85. The van der Waals surface area contributed by atoms with E-state index in [-0.39, 0.29) is 6.10 Å². The maximum atomic E-state index is 9.85. The molecule has 26 heavy (non-hydrogen) atoms. The second-order valence-electron chi connectivity index (χ2n) is 7.03. The summed E-state index contributed by atoms with van der Waals surface area (Å²) in [6, 6.07) is 18.7. The van der Waals surface area contributed by atoms with Crippen LogP contribution in [0.1, 0.15) is 42.4 Å². The highest BCUT2D eigenvalue weighted by Gasteiger charge is 2.25. The van der Waals surface area contributed by atoms with Crippen molar-refractivity contribution in [1.29, 1.82) is 5.26 Å². The predicted molar refractivity (Wildman–Crippen MR) is 102 cm³/mol. The first-order valence-electron chi connectivity index (χ1n) is 9.22. The molecular weight excluding hydrogens is 324 g/mol. The van der Waals surface area contributed by atoms with Crippen LogP contribution < -0.4 is 4.74 Å². The number of hydrogen-bond acceptors (Lipinski definition) is 4. The average molecular weight is 350 g/mol. The van der Waals surface area contributed by atoms with Crippen LogP contribution in [0, 0.1) is 11.3 Å². The Bertz CT molecular complexity index is 743. The molecule has 3 rings (SSSR count). The molecule has 0 atom stereocenters. The summed E-state index contributed by atoms with van der Waals surface area (Å²) in [6.07, 6.45) is 3.61. The van der Waals surface area contributed by atoms with Gasteiger partial charge in [-0.15, -0.1) is 0 Å². The molecule has 0 bridgehead atoms. The summed E-state index contributed by atoms with van der Waals surface area (Å²) in [7, 11) is 1.69. The van der Waals surface area contributed by atoms with E-state index in [1.165, 1.54) is 11.1 Å². The van der Waals surface area contributed by atoms with Crippen molar-refractivity contribution in [3.8, 4) is 11.8 Å². The van der Waals surface area contributed by atoms with Gasteiger partial charge in [-0.2, -0.15) is 5.26 Å². The lowest BCUT2D eigenvalue weighted by Gasteiger charge is -2.36. The number of aliphatic hydroxyl groups excluding tert-OH is 1. The van der Waals surface area contributed by atoms with Crippen LogP contribution >= 0.6 is 0 Å². The smallest absolute Gasteiger partial charge is 0.119 e. The van der Waals surface area contributed by atoms with Crippen LogP contribution in [-0.2, 0) is 13.1 Å². The molecular formula is C22H26N2O2. The van der Waals surface area contributed by atoms with Crippen molar-refractivity contribution in [2.75, 3.05) is 7.11 Å². The molecule has 0 amide bonds. The van der Waals surface area contributed by atoms with Crippen molar-refractivity contribution in [3.63, 3.8) is 0 Å². The minimum atomic E-state index is -0.153. The Labute approximate surface area is 155 Å². The lowest BCUT2D eigenvalue weighted by Crippen LogP contribution is -2.38. The summed E-state index contributed by atoms with van der Waals surface area (Å²) < 4.78 is 5.36. The Morgan fingerprint density at radius 3 is 2.38 bits per heavy atom. The summed E-state index contributed by atoms with van der Waals surface area (Å²) >= 11 is 0. The van der Waals surface area contributed by atoms with Crippen LogP contribution in [0.5, 0.6) is 5.75 Å². The second-order valence-corrected chi connectivity index (χ2v) is 7.03. The number of methoxy groups -OCH3 is 1. The first-order chi connectivity index (χ1) is 12.7. The number of benzene rings is 2. The van der Waals surface area contributed by atoms with Gasteiger partial charge in [-0.05, 0) is 61.1 Å². The van der Waals surface area contributed by atoms with Crippen molar-refractivity contribution < 1.29 is 9.84 Å². The lowest BCUT2D eigenvalue weighted by atomic mass is 9.91. The molecule has 2 aromatic rings. The van der Waals surface area contributed by atoms with Gasteiger partial charge in [0.25, 0.3) is 0 Å². The van der Waals surface area contributed by atoms with Gasteiger partial charge in [0.05, 0.1) is 24.8 Å². The zero-order chi connectivity index (χ0) is 18.4. The zero-order valence-electron chi connectivity index (χ0n) is 15.3. The minimum absolute atomic E-state index is 0.153. The summed E-state index contributed by atoms with van der Waals surface area (Å²) in [6.45, 7) is 1.68. The number of ether oxygens (including phenoxy) is 1. The Morgan fingerprint density at radius 1 is 1.04 bits per heavy atom. The van der Waals surface area contributed by atoms with Gasteiger partial charge in [0.15, 0.2) is 0 Å². The molecule has 1 saturated carbocycles. The van der Waals surface area contributed by atoms with E-state index in [9.17, 15) is 5.11 Å². The van der Waals surface area contributed by atoms with Gasteiger partial charge in [-0.3, -0.25) is 4.90 Å². The first kappa shape index (κ1) is 18.4. The van der Waals surface area contributed by atoms with E-state index < -0.39 is 0 Å². The highest BCUT2D eigenvalue weighted by molar-refractivity contribution is 5.32. The van der Waals surface area contributed by atoms with Crippen LogP contribution in [0.2, 0.25) is 0 Å². The number of hydrogen-bond donors (Lipinski definition) is 1. The maximum Gasteiger partial charge on any atom is 0.119 e. The van der Waals surface area contributed by atoms with Crippen LogP contribution in [-0.4, -0.2) is 29.3 Å². The van der Waals surface area contributed by atoms with Crippen molar-refractivity contribution in [3.05, 3.63) is 65.2 Å². The van der Waals surface area contributed by atoms with Crippen LogP contribution in [0.25, 0.3) is 0 Å². The van der Waals surface area contributed by atoms with E-state index in [4.69, 9.17) is 10.00 Å². The van der Waals surface area contributed by atoms with E-state index in [1.807, 2.05) is 36.4 Å². The van der Waals surface area contributed by atoms with Gasteiger partial charge < -0.3 is 9.84 Å². The summed E-state index contributed by atoms with van der Waals surface area (Å²) in [5.74, 6) is 0.875. The second kappa shape index (κ2) is 8.84. The number of nitrogens with zero attached hydrogens (tertiary/aromatic N) is 2. The van der Waals surface area contributed by atoms with Crippen molar-refractivity contribution >= 4 is 0 Å². The van der Waals surface area contributed by atoms with Gasteiger partial charge in [-0.1, -0.05) is 24.3 Å². The monoisotopic (exact) mass is 350 g/mol. The average Bonchev–Trinajstić information content (AvgIpc) is 2.69. The molecule has 2 aromatic carbocycles. The molecule has 0 aliphatic heterocycles. The Balaban J connectivity index is 1.77. The fourth-order valence-electron chi connectivity index (χ4n) is 3.66. The SMILES string of the molecule is COc1cccc(CN(Cc2ccc(C#N)cc2)C2CCC(O)CC2)c1. The van der Waals surface area contributed by atoms with Gasteiger partial charge in [0.1, 0.15) is 5.75 Å². The molecule has 0 radical (unpaired) electrons. The Kier molecular flexibility index (Phi) is 6.27. The fourth-order valence-corrected chi connectivity index (χ4v) is 3.66. The van der Waals surface area contributed by atoms with Crippen molar-refractivity contribution in [2.45, 2.75) is 50.9 Å². The zero-order valence-corrected chi connectivity index (χ0v) is 15.3. The number of nitriles is 1. The van der Waals surface area contributed by atoms with E-state index in [2.05, 4.69) is 23.1 Å². The third-order valence-corrected chi connectivity index (χ3v) is 5.17. The molecule has 0 unspecified atom stereocenters. The third-order valence-electron chi connectivity index (χ3n) is 5.17. The molecule has 136 valence electrons. The van der Waals surface area contributed by atoms with E-state index >= 15 is 0 Å². The molecule has 1 fully saturated rings. The van der Waals surface area contributed by atoms with E-state index in [0.717, 1.165) is 44.5 Å². The van der Waals surface area contributed by atoms with Gasteiger partial charge in [0.2, 0.25) is 0 Å². The molecule has 0 spiro atoms. The largest absolute Gasteiger partial charge is 0.497 e. The molecule has 0 saturated heterocycles. The molecule has 1 N–H and O–H groups in total. The normalized spacial score (nSPS) is 19.9. The molecule has 4 heteroatoms. The highest BCUT2D eigenvalue weighted by atomic mass is 16.5. The van der Waals surface area contributed by atoms with Crippen molar-refractivity contribution in [1.82, 2.24) is 4.90 Å². The summed E-state index contributed by atoms with van der Waals surface area (Å²) in [5, 5.41) is 18.8. The van der Waals surface area contributed by atoms with Crippen molar-refractivity contribution in [2.24, 2.45) is 0 Å². The summed E-state index contributed by atoms with van der Waals surface area (Å²) in [5.41, 5.74) is 3.12. The lowest BCUT2D eigenvalue weighted by molar-refractivity contribution is 0.0665. The first-order valence-corrected chi connectivity index (χ1v) is 9.22. The van der Waals surface area contributed by atoms with E-state index in [0.29, 0.717) is 11.6 Å². The Morgan fingerprint density at radius 2 is 1.73 bits per heavy atom. The van der Waals surface area contributed by atoms with Crippen LogP contribution in [0.3, 0.4) is 0 Å².